The quantitative estimate of drug-likeness (QED) is 0.336. The molecule has 0 fully saturated rings. The number of alkyl halides is 6. The van der Waals surface area contributed by atoms with Gasteiger partial charge in [0, 0.05) is 23.4 Å². The Morgan fingerprint density at radius 2 is 1.46 bits per heavy atom. The minimum absolute atomic E-state index is 0.443. The minimum Gasteiger partial charge on any atom is -0.347 e. The van der Waals surface area contributed by atoms with Crippen molar-refractivity contribution in [2.24, 2.45) is 0 Å². The number of amides is 1. The number of nitrogens with zero attached hydrogens (tertiary/aromatic N) is 1. The van der Waals surface area contributed by atoms with E-state index < -0.39 is 45.8 Å². The summed E-state index contributed by atoms with van der Waals surface area (Å²) in [6.45, 7) is 0. The lowest BCUT2D eigenvalue weighted by Crippen LogP contribution is -2.72. The molecule has 2 N–H and O–H groups in total. The van der Waals surface area contributed by atoms with Gasteiger partial charge in [-0.3, -0.25) is 14.9 Å². The molecular weight excluding hydrogens is 396 g/mol. The average Bonchev–Trinajstić information content (AvgIpc) is 2.60. The highest BCUT2D eigenvalue weighted by Crippen LogP contribution is 2.44. The van der Waals surface area contributed by atoms with Gasteiger partial charge in [0.2, 0.25) is 0 Å². The van der Waals surface area contributed by atoms with Gasteiger partial charge in [-0.05, 0) is 18.2 Å². The molecule has 12 heteroatoms. The van der Waals surface area contributed by atoms with Crippen LogP contribution < -0.4 is 10.6 Å². The van der Waals surface area contributed by atoms with E-state index in [-0.39, 0.29) is 0 Å². The first-order valence-corrected chi connectivity index (χ1v) is 7.41. The zero-order valence-electron chi connectivity index (χ0n) is 13.6. The molecule has 0 aliphatic carbocycles. The standard InChI is InChI=1S/C16H11F6N3O3/c17-15(18,19)14(16(20,21)22,24-13(26)10-5-2-1-3-6-10)23-11-7-4-8-12(9-11)25(27)28/h1-9,23H,(H,24,26). The Kier molecular flexibility index (Phi) is 5.52. The number of nitro groups is 1. The van der Waals surface area contributed by atoms with Crippen LogP contribution in [0.2, 0.25) is 0 Å². The summed E-state index contributed by atoms with van der Waals surface area (Å²) in [5.74, 6) is -1.65. The van der Waals surface area contributed by atoms with Crippen LogP contribution in [0.4, 0.5) is 37.7 Å². The SMILES string of the molecule is O=C(NC(Nc1cccc([N+](=O)[O-])c1)(C(F)(F)F)C(F)(F)F)c1ccccc1. The number of carbonyl (C=O) groups excluding carboxylic acids is 1. The van der Waals surface area contributed by atoms with Gasteiger partial charge in [-0.25, -0.2) is 0 Å². The summed E-state index contributed by atoms with van der Waals surface area (Å²) in [7, 11) is 0. The normalized spacial score (nSPS) is 12.4. The van der Waals surface area contributed by atoms with Crippen molar-refractivity contribution in [3.05, 3.63) is 70.3 Å². The van der Waals surface area contributed by atoms with Crippen molar-refractivity contribution in [1.29, 1.82) is 0 Å². The number of halogens is 6. The summed E-state index contributed by atoms with van der Waals surface area (Å²) in [4.78, 5) is 21.8. The van der Waals surface area contributed by atoms with Crippen LogP contribution in [0.3, 0.4) is 0 Å². The smallest absolute Gasteiger partial charge is 0.347 e. The van der Waals surface area contributed by atoms with E-state index in [1.807, 2.05) is 0 Å². The van der Waals surface area contributed by atoms with Crippen molar-refractivity contribution < 1.29 is 36.1 Å². The molecule has 0 aliphatic heterocycles. The molecule has 6 nitrogen and oxygen atoms in total. The number of hydrogen-bond acceptors (Lipinski definition) is 4. The van der Waals surface area contributed by atoms with Gasteiger partial charge in [0.15, 0.2) is 0 Å². The number of benzene rings is 2. The number of nitro benzene ring substituents is 1. The zero-order chi connectivity index (χ0) is 21.2. The molecule has 2 rings (SSSR count). The van der Waals surface area contributed by atoms with E-state index in [0.717, 1.165) is 35.6 Å². The number of carbonyl (C=O) groups is 1. The monoisotopic (exact) mass is 407 g/mol. The first-order chi connectivity index (χ1) is 12.9. The Morgan fingerprint density at radius 3 is 1.96 bits per heavy atom. The van der Waals surface area contributed by atoms with Crippen molar-refractivity contribution in [3.8, 4) is 0 Å². The third-order valence-electron chi connectivity index (χ3n) is 3.58. The molecule has 0 unspecified atom stereocenters. The molecule has 0 radical (unpaired) electrons. The highest BCUT2D eigenvalue weighted by Gasteiger charge is 2.72. The molecule has 28 heavy (non-hydrogen) atoms. The van der Waals surface area contributed by atoms with Gasteiger partial charge in [-0.1, -0.05) is 24.3 Å². The molecule has 0 bridgehead atoms. The number of nitrogens with one attached hydrogen (secondary N) is 2. The summed E-state index contributed by atoms with van der Waals surface area (Å²) in [5.41, 5.74) is -6.93. The maximum Gasteiger partial charge on any atom is 0.439 e. The van der Waals surface area contributed by atoms with E-state index in [1.54, 1.807) is 0 Å². The third kappa shape index (κ3) is 4.15. The van der Waals surface area contributed by atoms with Crippen LogP contribution in [0.5, 0.6) is 0 Å². The summed E-state index contributed by atoms with van der Waals surface area (Å²) in [5, 5.41) is 12.9. The molecule has 0 spiro atoms. The van der Waals surface area contributed by atoms with Crippen LogP contribution in [0.1, 0.15) is 10.4 Å². The lowest BCUT2D eigenvalue weighted by Gasteiger charge is -2.38. The molecule has 150 valence electrons. The second-order valence-electron chi connectivity index (χ2n) is 5.50. The zero-order valence-corrected chi connectivity index (χ0v) is 13.6. The fraction of sp³-hybridized carbons (Fsp3) is 0.188. The van der Waals surface area contributed by atoms with Gasteiger partial charge < -0.3 is 10.6 Å². The van der Waals surface area contributed by atoms with Gasteiger partial charge in [0.05, 0.1) is 4.92 Å². The Hall–Kier alpha value is -3.31. The summed E-state index contributed by atoms with van der Waals surface area (Å²) in [6, 6.07) is 9.03. The first-order valence-electron chi connectivity index (χ1n) is 7.41. The predicted molar refractivity (Wildman–Crippen MR) is 85.5 cm³/mol. The fourth-order valence-corrected chi connectivity index (χ4v) is 2.22. The molecule has 1 amide bonds. The van der Waals surface area contributed by atoms with Crippen molar-refractivity contribution >= 4 is 17.3 Å². The highest BCUT2D eigenvalue weighted by atomic mass is 19.4. The molecule has 0 aromatic heterocycles. The van der Waals surface area contributed by atoms with E-state index in [9.17, 15) is 41.3 Å². The van der Waals surface area contributed by atoms with E-state index in [1.165, 1.54) is 23.5 Å². The van der Waals surface area contributed by atoms with Crippen molar-refractivity contribution in [2.45, 2.75) is 18.0 Å². The van der Waals surface area contributed by atoms with Crippen LogP contribution in [0.25, 0.3) is 0 Å². The lowest BCUT2D eigenvalue weighted by molar-refractivity contribution is -0.384. The van der Waals surface area contributed by atoms with Gasteiger partial charge in [-0.15, -0.1) is 0 Å². The molecular formula is C16H11F6N3O3. The molecule has 0 saturated carbocycles. The molecule has 0 heterocycles. The maximum absolute atomic E-state index is 13.6. The molecule has 0 atom stereocenters. The Morgan fingerprint density at radius 1 is 0.893 bits per heavy atom. The number of hydrogen-bond donors (Lipinski definition) is 2. The molecule has 0 aliphatic rings. The van der Waals surface area contributed by atoms with Crippen molar-refractivity contribution in [1.82, 2.24) is 5.32 Å². The number of rotatable bonds is 5. The van der Waals surface area contributed by atoms with Gasteiger partial charge >= 0.3 is 18.0 Å². The van der Waals surface area contributed by atoms with E-state index in [0.29, 0.717) is 6.07 Å². The highest BCUT2D eigenvalue weighted by molar-refractivity contribution is 5.95. The van der Waals surface area contributed by atoms with Crippen LogP contribution in [-0.2, 0) is 0 Å². The van der Waals surface area contributed by atoms with Crippen LogP contribution in [0, 0.1) is 10.1 Å². The first kappa shape index (κ1) is 21.0. The van der Waals surface area contributed by atoms with Gasteiger partial charge in [0.25, 0.3) is 11.6 Å². The van der Waals surface area contributed by atoms with E-state index in [2.05, 4.69) is 0 Å². The topological polar surface area (TPSA) is 84.3 Å². The Bertz CT molecular complexity index is 854. The summed E-state index contributed by atoms with van der Waals surface area (Å²) in [6.07, 6.45) is -12.1. The summed E-state index contributed by atoms with van der Waals surface area (Å²) >= 11 is 0. The predicted octanol–water partition coefficient (Wildman–Crippen LogP) is 4.26. The maximum atomic E-state index is 13.6. The van der Waals surface area contributed by atoms with Crippen molar-refractivity contribution in [3.63, 3.8) is 0 Å². The molecule has 2 aromatic rings. The van der Waals surface area contributed by atoms with Gasteiger partial charge in [0.1, 0.15) is 0 Å². The van der Waals surface area contributed by atoms with Crippen molar-refractivity contribution in [2.75, 3.05) is 5.32 Å². The third-order valence-corrected chi connectivity index (χ3v) is 3.58. The Balaban J connectivity index is 2.54. The van der Waals surface area contributed by atoms with Crippen LogP contribution in [0.15, 0.2) is 54.6 Å². The largest absolute Gasteiger partial charge is 0.439 e. The van der Waals surface area contributed by atoms with Crippen LogP contribution >= 0.6 is 0 Å². The van der Waals surface area contributed by atoms with Gasteiger partial charge in [-0.2, -0.15) is 26.3 Å². The summed E-state index contributed by atoms with van der Waals surface area (Å²) < 4.78 is 81.4. The fourth-order valence-electron chi connectivity index (χ4n) is 2.22. The number of non-ortho nitro benzene ring substituents is 1. The van der Waals surface area contributed by atoms with E-state index >= 15 is 0 Å². The Labute approximate surface area is 153 Å². The second kappa shape index (κ2) is 7.37. The van der Waals surface area contributed by atoms with E-state index in [4.69, 9.17) is 0 Å². The lowest BCUT2D eigenvalue weighted by atomic mass is 10.1. The molecule has 2 aromatic carbocycles. The van der Waals surface area contributed by atoms with Crippen LogP contribution in [-0.4, -0.2) is 28.8 Å². The minimum atomic E-state index is -6.04. The molecule has 0 saturated heterocycles. The second-order valence-corrected chi connectivity index (χ2v) is 5.50. The average molecular weight is 407 g/mol. The number of anilines is 1.